The lowest BCUT2D eigenvalue weighted by Gasteiger charge is -2.38. The van der Waals surface area contributed by atoms with Gasteiger partial charge in [0.25, 0.3) is 11.8 Å². The molecule has 0 aliphatic carbocycles. The van der Waals surface area contributed by atoms with E-state index < -0.39 is 18.1 Å². The first-order valence-corrected chi connectivity index (χ1v) is 13.2. The average Bonchev–Trinajstić information content (AvgIpc) is 2.97. The molecule has 1 aromatic heterocycles. The Morgan fingerprint density at radius 2 is 1.79 bits per heavy atom. The van der Waals surface area contributed by atoms with Gasteiger partial charge in [0, 0.05) is 65.4 Å². The van der Waals surface area contributed by atoms with Gasteiger partial charge >= 0.3 is 5.97 Å². The maximum Gasteiger partial charge on any atom is 0.302 e. The molecule has 3 heterocycles. The number of aromatic nitrogens is 2. The van der Waals surface area contributed by atoms with Gasteiger partial charge in [-0.25, -0.2) is 14.8 Å². The molecule has 2 unspecified atom stereocenters. The lowest BCUT2D eigenvalue weighted by molar-refractivity contribution is -0.259. The molecule has 11 heteroatoms. The van der Waals surface area contributed by atoms with Crippen molar-refractivity contribution in [3.05, 3.63) is 59.9 Å². The predicted octanol–water partition coefficient (Wildman–Crippen LogP) is 2.69. The van der Waals surface area contributed by atoms with Gasteiger partial charge in [-0.1, -0.05) is 42.5 Å². The van der Waals surface area contributed by atoms with E-state index in [1.54, 1.807) is 0 Å². The zero-order chi connectivity index (χ0) is 27.6. The molecular weight excluding hydrogens is 502 g/mol. The number of piperazine rings is 1. The molecule has 2 atom stereocenters. The van der Waals surface area contributed by atoms with Crippen LogP contribution in [0.4, 0.5) is 5.95 Å². The topological polar surface area (TPSA) is 114 Å². The number of carbonyl (C=O) groups excluding carboxylic acids is 3. The molecule has 39 heavy (non-hydrogen) atoms. The standard InChI is InChI=1S/C28H35N5O6/c1-21(34)33(39-26-10-6-7-17-37-26)27(36)24-18-29-28(30-19-24)32-15-13-31(14-16-32)25(20-38-22(2)35)12-11-23-8-4-3-5-9-23/h3-5,8-9,11-12,18-19,25-26H,6-7,10,13-17,20H2,1-2H3. The molecule has 2 aliphatic rings. The third-order valence-corrected chi connectivity index (χ3v) is 6.55. The Morgan fingerprint density at radius 3 is 2.41 bits per heavy atom. The number of amides is 2. The van der Waals surface area contributed by atoms with Crippen LogP contribution < -0.4 is 4.90 Å². The van der Waals surface area contributed by atoms with Crippen LogP contribution in [0.1, 0.15) is 49.0 Å². The van der Waals surface area contributed by atoms with Crippen molar-refractivity contribution in [2.75, 3.05) is 44.3 Å². The molecule has 2 aliphatic heterocycles. The number of hydroxylamine groups is 2. The Bertz CT molecular complexity index is 1130. The van der Waals surface area contributed by atoms with Crippen LogP contribution in [0.15, 0.2) is 48.8 Å². The lowest BCUT2D eigenvalue weighted by Crippen LogP contribution is -2.51. The smallest absolute Gasteiger partial charge is 0.302 e. The van der Waals surface area contributed by atoms with Gasteiger partial charge in [-0.2, -0.15) is 0 Å². The predicted molar refractivity (Wildman–Crippen MR) is 143 cm³/mol. The molecule has 11 nitrogen and oxygen atoms in total. The first kappa shape index (κ1) is 28.3. The number of nitrogens with zero attached hydrogens (tertiary/aromatic N) is 5. The molecule has 0 saturated carbocycles. The number of esters is 1. The highest BCUT2D eigenvalue weighted by molar-refractivity contribution is 6.02. The molecule has 2 aromatic rings. The number of carbonyl (C=O) groups is 3. The Balaban J connectivity index is 1.35. The van der Waals surface area contributed by atoms with Gasteiger partial charge < -0.3 is 14.4 Å². The van der Waals surface area contributed by atoms with E-state index in [1.165, 1.54) is 26.2 Å². The van der Waals surface area contributed by atoms with Crippen molar-refractivity contribution in [1.82, 2.24) is 19.9 Å². The molecular formula is C28H35N5O6. The minimum atomic E-state index is -0.633. The number of rotatable bonds is 9. The van der Waals surface area contributed by atoms with Gasteiger partial charge in [0.05, 0.1) is 11.6 Å². The lowest BCUT2D eigenvalue weighted by atomic mass is 10.1. The fourth-order valence-corrected chi connectivity index (χ4v) is 4.41. The van der Waals surface area contributed by atoms with Crippen molar-refractivity contribution in [2.45, 2.75) is 45.4 Å². The monoisotopic (exact) mass is 537 g/mol. The maximum atomic E-state index is 12.9. The molecule has 2 saturated heterocycles. The molecule has 2 amide bonds. The molecule has 4 rings (SSSR count). The normalized spacial score (nSPS) is 19.0. The van der Waals surface area contributed by atoms with Crippen molar-refractivity contribution in [1.29, 1.82) is 0 Å². The molecule has 0 radical (unpaired) electrons. The molecule has 1 aromatic carbocycles. The summed E-state index contributed by atoms with van der Waals surface area (Å²) in [6.07, 6.45) is 8.73. The summed E-state index contributed by atoms with van der Waals surface area (Å²) in [6, 6.07) is 9.91. The van der Waals surface area contributed by atoms with Crippen LogP contribution in [-0.4, -0.2) is 89.4 Å². The van der Waals surface area contributed by atoms with E-state index in [2.05, 4.69) is 20.9 Å². The van der Waals surface area contributed by atoms with Crippen LogP contribution in [0.5, 0.6) is 0 Å². The average molecular weight is 538 g/mol. The maximum absolute atomic E-state index is 12.9. The van der Waals surface area contributed by atoms with Crippen molar-refractivity contribution >= 4 is 29.8 Å². The van der Waals surface area contributed by atoms with E-state index in [0.717, 1.165) is 23.5 Å². The second kappa shape index (κ2) is 13.9. The summed E-state index contributed by atoms with van der Waals surface area (Å²) >= 11 is 0. The van der Waals surface area contributed by atoms with Crippen molar-refractivity contribution in [2.24, 2.45) is 0 Å². The quantitative estimate of drug-likeness (QED) is 0.349. The SMILES string of the molecule is CC(=O)OCC(C=Cc1ccccc1)N1CCN(c2ncc(C(=O)N(OC3CCCCO3)C(C)=O)cn2)CC1. The van der Waals surface area contributed by atoms with Crippen molar-refractivity contribution in [3.8, 4) is 0 Å². The highest BCUT2D eigenvalue weighted by Gasteiger charge is 2.28. The Kier molecular flexibility index (Phi) is 10.1. The summed E-state index contributed by atoms with van der Waals surface area (Å²) in [7, 11) is 0. The summed E-state index contributed by atoms with van der Waals surface area (Å²) in [5.74, 6) is -0.992. The zero-order valence-corrected chi connectivity index (χ0v) is 22.4. The van der Waals surface area contributed by atoms with E-state index >= 15 is 0 Å². The van der Waals surface area contributed by atoms with Crippen LogP contribution >= 0.6 is 0 Å². The number of imide groups is 1. The first-order chi connectivity index (χ1) is 18.9. The molecule has 2 fully saturated rings. The molecule has 0 N–H and O–H groups in total. The largest absolute Gasteiger partial charge is 0.464 e. The third kappa shape index (κ3) is 8.16. The zero-order valence-electron chi connectivity index (χ0n) is 22.4. The van der Waals surface area contributed by atoms with E-state index in [0.29, 0.717) is 45.2 Å². The second-order valence-corrected chi connectivity index (χ2v) is 9.45. The van der Waals surface area contributed by atoms with E-state index in [9.17, 15) is 14.4 Å². The summed E-state index contributed by atoms with van der Waals surface area (Å²) < 4.78 is 10.8. The summed E-state index contributed by atoms with van der Waals surface area (Å²) in [6.45, 7) is 6.21. The second-order valence-electron chi connectivity index (χ2n) is 9.45. The number of anilines is 1. The van der Waals surface area contributed by atoms with Gasteiger partial charge in [0.15, 0.2) is 6.29 Å². The summed E-state index contributed by atoms with van der Waals surface area (Å²) in [4.78, 5) is 55.0. The van der Waals surface area contributed by atoms with Gasteiger partial charge in [-0.3, -0.25) is 19.3 Å². The number of ether oxygens (including phenoxy) is 2. The fourth-order valence-electron chi connectivity index (χ4n) is 4.41. The van der Waals surface area contributed by atoms with Crippen LogP contribution in [0.2, 0.25) is 0 Å². The number of hydrogen-bond acceptors (Lipinski definition) is 10. The van der Waals surface area contributed by atoms with Gasteiger partial charge in [-0.05, 0) is 18.4 Å². The number of hydrogen-bond donors (Lipinski definition) is 0. The highest BCUT2D eigenvalue weighted by Crippen LogP contribution is 2.18. The van der Waals surface area contributed by atoms with Crippen molar-refractivity contribution in [3.63, 3.8) is 0 Å². The van der Waals surface area contributed by atoms with E-state index in [4.69, 9.17) is 14.3 Å². The van der Waals surface area contributed by atoms with Crippen LogP contribution in [0.25, 0.3) is 6.08 Å². The minimum absolute atomic E-state index is 0.0668. The fraction of sp³-hybridized carbons (Fsp3) is 0.464. The van der Waals surface area contributed by atoms with Crippen LogP contribution in [-0.2, 0) is 23.9 Å². The Morgan fingerprint density at radius 1 is 1.08 bits per heavy atom. The molecule has 0 spiro atoms. The minimum Gasteiger partial charge on any atom is -0.464 e. The number of benzene rings is 1. The highest BCUT2D eigenvalue weighted by atomic mass is 16.8. The van der Waals surface area contributed by atoms with E-state index in [-0.39, 0.29) is 24.2 Å². The van der Waals surface area contributed by atoms with Gasteiger partial charge in [0.2, 0.25) is 5.95 Å². The summed E-state index contributed by atoms with van der Waals surface area (Å²) in [5, 5.41) is 0.722. The van der Waals surface area contributed by atoms with E-state index in [1.807, 2.05) is 41.3 Å². The molecule has 0 bridgehead atoms. The summed E-state index contributed by atoms with van der Waals surface area (Å²) in [5.41, 5.74) is 1.22. The Labute approximate surface area is 228 Å². The van der Waals surface area contributed by atoms with Crippen LogP contribution in [0, 0.1) is 0 Å². The van der Waals surface area contributed by atoms with Gasteiger partial charge in [-0.15, -0.1) is 5.06 Å². The van der Waals surface area contributed by atoms with Crippen LogP contribution in [0.3, 0.4) is 0 Å². The molecule has 208 valence electrons. The third-order valence-electron chi connectivity index (χ3n) is 6.55. The Hall–Kier alpha value is -3.67. The first-order valence-electron chi connectivity index (χ1n) is 13.2. The van der Waals surface area contributed by atoms with Crippen molar-refractivity contribution < 1.29 is 28.7 Å². The van der Waals surface area contributed by atoms with Gasteiger partial charge in [0.1, 0.15) is 6.61 Å².